The molecule has 0 unspecified atom stereocenters. The number of fused-ring (bicyclic) bond motifs is 3. The highest BCUT2D eigenvalue weighted by molar-refractivity contribution is 7.19. The predicted molar refractivity (Wildman–Crippen MR) is 126 cm³/mol. The highest BCUT2D eigenvalue weighted by atomic mass is 32.1. The van der Waals surface area contributed by atoms with Crippen molar-refractivity contribution in [2.24, 2.45) is 0 Å². The van der Waals surface area contributed by atoms with Gasteiger partial charge in [0.2, 0.25) is 0 Å². The van der Waals surface area contributed by atoms with E-state index in [1.165, 1.54) is 28.7 Å². The van der Waals surface area contributed by atoms with E-state index in [0.29, 0.717) is 25.3 Å². The summed E-state index contributed by atoms with van der Waals surface area (Å²) in [7, 11) is 3.30. The van der Waals surface area contributed by atoms with Gasteiger partial charge in [-0.25, -0.2) is 9.97 Å². The van der Waals surface area contributed by atoms with Gasteiger partial charge in [0, 0.05) is 43.7 Å². The molecule has 1 amide bonds. The molecule has 0 saturated carbocycles. The normalized spacial score (nSPS) is 16.3. The van der Waals surface area contributed by atoms with E-state index >= 15 is 0 Å². The van der Waals surface area contributed by atoms with Crippen LogP contribution in [0, 0.1) is 0 Å². The highest BCUT2D eigenvalue weighted by Gasteiger charge is 2.27. The minimum Gasteiger partial charge on any atom is -0.497 e. The number of hydrogen-bond donors (Lipinski definition) is 0. The fourth-order valence-corrected chi connectivity index (χ4v) is 5.92. The first-order valence-electron chi connectivity index (χ1n) is 11.2. The Kier molecular flexibility index (Phi) is 5.97. The van der Waals surface area contributed by atoms with Gasteiger partial charge in [-0.3, -0.25) is 4.79 Å². The molecule has 1 fully saturated rings. The fraction of sp³-hybridized carbons (Fsp3) is 0.458. The Morgan fingerprint density at radius 3 is 2.50 bits per heavy atom. The number of aryl methyl sites for hydroxylation is 2. The van der Waals surface area contributed by atoms with E-state index < -0.39 is 0 Å². The summed E-state index contributed by atoms with van der Waals surface area (Å²) in [5.74, 6) is 2.56. The van der Waals surface area contributed by atoms with Crippen molar-refractivity contribution in [3.63, 3.8) is 0 Å². The van der Waals surface area contributed by atoms with Crippen LogP contribution in [0.4, 0.5) is 5.82 Å². The van der Waals surface area contributed by atoms with Gasteiger partial charge in [0.05, 0.1) is 12.5 Å². The number of thiophene rings is 1. The lowest BCUT2D eigenvalue weighted by atomic mass is 9.97. The van der Waals surface area contributed by atoms with Gasteiger partial charge >= 0.3 is 0 Å². The van der Waals surface area contributed by atoms with Crippen molar-refractivity contribution in [3.05, 3.63) is 46.1 Å². The van der Waals surface area contributed by atoms with Crippen LogP contribution >= 0.6 is 11.3 Å². The molecule has 0 bridgehead atoms. The van der Waals surface area contributed by atoms with Crippen molar-refractivity contribution in [1.29, 1.82) is 0 Å². The van der Waals surface area contributed by atoms with E-state index in [0.717, 1.165) is 48.2 Å². The maximum absolute atomic E-state index is 13.0. The SMILES string of the molecule is COCc1nc(N2CCN(C(=O)c3ccc(OC)cc3)CC2)c2c3c(sc2n1)CCCC3. The standard InChI is InChI=1S/C24H28N4O3S/c1-30-15-20-25-22(21-18-5-3-4-6-19(18)32-23(21)26-20)27-11-13-28(14-12-27)24(29)16-7-9-17(31-2)10-8-16/h7-10H,3-6,11-15H2,1-2H3. The molecule has 7 nitrogen and oxygen atoms in total. The summed E-state index contributed by atoms with van der Waals surface area (Å²) in [5.41, 5.74) is 2.13. The Bertz CT molecular complexity index is 1120. The number of hydrogen-bond acceptors (Lipinski definition) is 7. The molecule has 8 heteroatoms. The number of methoxy groups -OCH3 is 2. The van der Waals surface area contributed by atoms with E-state index in [1.54, 1.807) is 14.2 Å². The number of carbonyl (C=O) groups is 1. The number of benzene rings is 1. The molecule has 5 rings (SSSR count). The molecule has 0 N–H and O–H groups in total. The van der Waals surface area contributed by atoms with Crippen molar-refractivity contribution in [2.45, 2.75) is 32.3 Å². The summed E-state index contributed by atoms with van der Waals surface area (Å²) in [6, 6.07) is 7.32. The molecule has 0 atom stereocenters. The molecule has 1 aromatic carbocycles. The summed E-state index contributed by atoms with van der Waals surface area (Å²) in [5, 5.41) is 1.22. The van der Waals surface area contributed by atoms with Crippen LogP contribution in [-0.2, 0) is 24.2 Å². The fourth-order valence-electron chi connectivity index (χ4n) is 4.64. The lowest BCUT2D eigenvalue weighted by Crippen LogP contribution is -2.49. The maximum atomic E-state index is 13.0. The Labute approximate surface area is 192 Å². The molecule has 2 aromatic heterocycles. The molecule has 1 aliphatic carbocycles. The van der Waals surface area contributed by atoms with Crippen LogP contribution in [0.2, 0.25) is 0 Å². The first-order chi connectivity index (χ1) is 15.7. The molecule has 32 heavy (non-hydrogen) atoms. The number of aromatic nitrogens is 2. The average Bonchev–Trinajstić information content (AvgIpc) is 3.22. The Morgan fingerprint density at radius 2 is 1.78 bits per heavy atom. The second-order valence-corrected chi connectivity index (χ2v) is 9.38. The Hall–Kier alpha value is -2.71. The van der Waals surface area contributed by atoms with Crippen LogP contribution in [0.1, 0.15) is 39.5 Å². The topological polar surface area (TPSA) is 67.8 Å². The predicted octanol–water partition coefficient (Wildman–Crippen LogP) is 3.69. The van der Waals surface area contributed by atoms with E-state index in [-0.39, 0.29) is 5.91 Å². The summed E-state index contributed by atoms with van der Waals surface area (Å²) in [4.78, 5) is 29.5. The summed E-state index contributed by atoms with van der Waals surface area (Å²) in [6.07, 6.45) is 4.71. The van der Waals surface area contributed by atoms with Gasteiger partial charge in [0.25, 0.3) is 5.91 Å². The zero-order valence-corrected chi connectivity index (χ0v) is 19.4. The van der Waals surface area contributed by atoms with Gasteiger partial charge in [0.1, 0.15) is 23.0 Å². The lowest BCUT2D eigenvalue weighted by molar-refractivity contribution is 0.0746. The molecule has 168 valence electrons. The number of carbonyl (C=O) groups excluding carboxylic acids is 1. The monoisotopic (exact) mass is 452 g/mol. The van der Waals surface area contributed by atoms with Crippen molar-refractivity contribution in [2.75, 3.05) is 45.3 Å². The average molecular weight is 453 g/mol. The largest absolute Gasteiger partial charge is 0.497 e. The van der Waals surface area contributed by atoms with E-state index in [1.807, 2.05) is 40.5 Å². The molecule has 3 heterocycles. The van der Waals surface area contributed by atoms with Gasteiger partial charge in [-0.05, 0) is 55.5 Å². The zero-order chi connectivity index (χ0) is 22.1. The minimum atomic E-state index is 0.0631. The number of amides is 1. The smallest absolute Gasteiger partial charge is 0.253 e. The van der Waals surface area contributed by atoms with Gasteiger partial charge in [-0.15, -0.1) is 11.3 Å². The lowest BCUT2D eigenvalue weighted by Gasteiger charge is -2.36. The number of nitrogens with zero attached hydrogens (tertiary/aromatic N) is 4. The number of piperazine rings is 1. The molecule has 1 saturated heterocycles. The highest BCUT2D eigenvalue weighted by Crippen LogP contribution is 2.40. The quantitative estimate of drug-likeness (QED) is 0.588. The Balaban J connectivity index is 1.39. The van der Waals surface area contributed by atoms with Crippen molar-refractivity contribution in [3.8, 4) is 5.75 Å². The molecule has 0 spiro atoms. The van der Waals surface area contributed by atoms with Gasteiger partial charge in [-0.1, -0.05) is 0 Å². The number of ether oxygens (including phenoxy) is 2. The molecule has 2 aliphatic rings. The zero-order valence-electron chi connectivity index (χ0n) is 18.6. The molecule has 1 aliphatic heterocycles. The van der Waals surface area contributed by atoms with Crippen LogP contribution < -0.4 is 9.64 Å². The van der Waals surface area contributed by atoms with Crippen LogP contribution in [0.15, 0.2) is 24.3 Å². The van der Waals surface area contributed by atoms with Crippen molar-refractivity contribution >= 4 is 33.3 Å². The number of anilines is 1. The van der Waals surface area contributed by atoms with Crippen molar-refractivity contribution < 1.29 is 14.3 Å². The van der Waals surface area contributed by atoms with Crippen molar-refractivity contribution in [1.82, 2.24) is 14.9 Å². The third-order valence-electron chi connectivity index (χ3n) is 6.32. The molecular weight excluding hydrogens is 424 g/mol. The third kappa shape index (κ3) is 3.93. The summed E-state index contributed by atoms with van der Waals surface area (Å²) < 4.78 is 10.5. The third-order valence-corrected chi connectivity index (χ3v) is 7.50. The Morgan fingerprint density at radius 1 is 1.03 bits per heavy atom. The van der Waals surface area contributed by atoms with Crippen LogP contribution in [-0.4, -0.2) is 61.2 Å². The van der Waals surface area contributed by atoms with Gasteiger partial charge in [-0.2, -0.15) is 0 Å². The molecular formula is C24H28N4O3S. The molecule has 3 aromatic rings. The second kappa shape index (κ2) is 9.03. The van der Waals surface area contributed by atoms with E-state index in [2.05, 4.69) is 4.90 Å². The second-order valence-electron chi connectivity index (χ2n) is 8.30. The van der Waals surface area contributed by atoms with Crippen LogP contribution in [0.3, 0.4) is 0 Å². The van der Waals surface area contributed by atoms with Gasteiger partial charge < -0.3 is 19.3 Å². The first-order valence-corrected chi connectivity index (χ1v) is 12.0. The van der Waals surface area contributed by atoms with Gasteiger partial charge in [0.15, 0.2) is 5.82 Å². The van der Waals surface area contributed by atoms with Crippen LogP contribution in [0.5, 0.6) is 5.75 Å². The summed E-state index contributed by atoms with van der Waals surface area (Å²) in [6.45, 7) is 3.25. The molecule has 0 radical (unpaired) electrons. The number of rotatable bonds is 5. The van der Waals surface area contributed by atoms with E-state index in [4.69, 9.17) is 19.4 Å². The summed E-state index contributed by atoms with van der Waals surface area (Å²) >= 11 is 1.82. The first kappa shape index (κ1) is 21.2. The minimum absolute atomic E-state index is 0.0631. The van der Waals surface area contributed by atoms with Crippen LogP contribution in [0.25, 0.3) is 10.2 Å². The van der Waals surface area contributed by atoms with E-state index in [9.17, 15) is 4.79 Å². The maximum Gasteiger partial charge on any atom is 0.253 e.